The van der Waals surface area contributed by atoms with Gasteiger partial charge < -0.3 is 14.5 Å². The molecule has 0 aliphatic carbocycles. The second kappa shape index (κ2) is 12.8. The average molecular weight is 656 g/mol. The Kier molecular flexibility index (Phi) is 8.85. The SMILES string of the molecule is CC(F)C(=O)N1CCN(c2nc(OC[C@@H]3C[C@H](F)CN3C)nc3c(F)c(-c4cccc5ccc(F)c(Cl)c45)ncc23)C[C@@H]1CC#N. The Bertz CT molecular complexity index is 1860. The van der Waals surface area contributed by atoms with E-state index in [0.717, 1.165) is 6.92 Å². The van der Waals surface area contributed by atoms with E-state index in [1.807, 2.05) is 4.90 Å². The van der Waals surface area contributed by atoms with Gasteiger partial charge in [0.15, 0.2) is 12.0 Å². The highest BCUT2D eigenvalue weighted by Crippen LogP contribution is 2.38. The third-order valence-corrected chi connectivity index (χ3v) is 8.98. The van der Waals surface area contributed by atoms with Gasteiger partial charge in [-0.25, -0.2) is 17.6 Å². The molecule has 2 aliphatic rings. The summed E-state index contributed by atoms with van der Waals surface area (Å²) in [5, 5.41) is 10.4. The minimum atomic E-state index is -1.74. The number of benzene rings is 2. The monoisotopic (exact) mass is 655 g/mol. The van der Waals surface area contributed by atoms with Crippen LogP contribution in [0.3, 0.4) is 0 Å². The topological polar surface area (TPSA) is 98.5 Å². The van der Waals surface area contributed by atoms with E-state index in [0.29, 0.717) is 5.39 Å². The van der Waals surface area contributed by atoms with Gasteiger partial charge in [0.25, 0.3) is 5.91 Å². The first-order chi connectivity index (χ1) is 22.1. The molecule has 4 atom stereocenters. The second-order valence-electron chi connectivity index (χ2n) is 11.6. The van der Waals surface area contributed by atoms with Crippen molar-refractivity contribution in [2.75, 3.05) is 44.7 Å². The summed E-state index contributed by atoms with van der Waals surface area (Å²) in [5.74, 6) is -1.96. The number of rotatable bonds is 7. The van der Waals surface area contributed by atoms with Gasteiger partial charge in [-0.15, -0.1) is 0 Å². The van der Waals surface area contributed by atoms with Crippen molar-refractivity contribution in [3.05, 3.63) is 53.2 Å². The number of anilines is 1. The summed E-state index contributed by atoms with van der Waals surface area (Å²) in [6.45, 7) is 1.86. The van der Waals surface area contributed by atoms with Crippen molar-refractivity contribution in [2.24, 2.45) is 0 Å². The highest BCUT2D eigenvalue weighted by molar-refractivity contribution is 6.36. The number of fused-ring (bicyclic) bond motifs is 2. The number of hydrogen-bond acceptors (Lipinski definition) is 8. The maximum atomic E-state index is 16.6. The molecule has 1 amide bonds. The first-order valence-electron chi connectivity index (χ1n) is 14.8. The van der Waals surface area contributed by atoms with Crippen LogP contribution in [-0.2, 0) is 4.79 Å². The number of nitrogens with zero attached hydrogens (tertiary/aromatic N) is 7. The lowest BCUT2D eigenvalue weighted by Crippen LogP contribution is -2.56. The fourth-order valence-corrected chi connectivity index (χ4v) is 6.52. The van der Waals surface area contributed by atoms with E-state index in [9.17, 15) is 23.2 Å². The van der Waals surface area contributed by atoms with E-state index < -0.39 is 35.9 Å². The molecule has 1 unspecified atom stereocenters. The van der Waals surface area contributed by atoms with Crippen LogP contribution in [0.15, 0.2) is 36.5 Å². The Morgan fingerprint density at radius 3 is 2.70 bits per heavy atom. The summed E-state index contributed by atoms with van der Waals surface area (Å²) in [4.78, 5) is 30.9. The van der Waals surface area contributed by atoms with Gasteiger partial charge in [-0.1, -0.05) is 35.9 Å². The predicted molar refractivity (Wildman–Crippen MR) is 165 cm³/mol. The van der Waals surface area contributed by atoms with E-state index >= 15 is 4.39 Å². The number of hydrogen-bond donors (Lipinski definition) is 0. The second-order valence-corrected chi connectivity index (χ2v) is 12.0. The standard InChI is InChI=1S/C32H30ClF4N7O2/c1-17(34)31(45)44-11-10-43(15-20(44)8-9-38)30-23-13-39-28(22-5-3-4-18-6-7-24(36)26(33)25(18)22)27(37)29(23)40-32(41-30)46-16-21-12-19(35)14-42(21)2/h3-7,13,17,19-21H,8,10-12,14-16H2,1-2H3/t17?,19-,20-,21-/m0/s1. The number of likely N-dealkylation sites (tertiary alicyclic amines) is 1. The number of aromatic nitrogens is 3. The zero-order valence-electron chi connectivity index (χ0n) is 25.1. The molecule has 0 spiro atoms. The molecular formula is C32H30ClF4N7O2. The van der Waals surface area contributed by atoms with Crippen LogP contribution in [0.2, 0.25) is 5.02 Å². The Morgan fingerprint density at radius 1 is 1.17 bits per heavy atom. The van der Waals surface area contributed by atoms with Gasteiger partial charge in [0, 0.05) is 49.4 Å². The van der Waals surface area contributed by atoms with Crippen molar-refractivity contribution in [1.82, 2.24) is 24.8 Å². The lowest BCUT2D eigenvalue weighted by Gasteiger charge is -2.41. The summed E-state index contributed by atoms with van der Waals surface area (Å²) >= 11 is 6.34. The van der Waals surface area contributed by atoms with Crippen LogP contribution >= 0.6 is 11.6 Å². The molecule has 6 rings (SSSR count). The van der Waals surface area contributed by atoms with Crippen molar-refractivity contribution < 1.29 is 27.1 Å². The fourth-order valence-electron chi connectivity index (χ4n) is 6.25. The van der Waals surface area contributed by atoms with E-state index in [-0.39, 0.29) is 96.1 Å². The maximum Gasteiger partial charge on any atom is 0.319 e. The van der Waals surface area contributed by atoms with Crippen LogP contribution < -0.4 is 9.64 Å². The lowest BCUT2D eigenvalue weighted by molar-refractivity contribution is -0.138. The summed E-state index contributed by atoms with van der Waals surface area (Å²) in [7, 11) is 1.78. The molecule has 14 heteroatoms. The number of pyridine rings is 1. The van der Waals surface area contributed by atoms with Crippen LogP contribution in [-0.4, -0.2) is 94.9 Å². The smallest absolute Gasteiger partial charge is 0.319 e. The molecule has 9 nitrogen and oxygen atoms in total. The van der Waals surface area contributed by atoms with E-state index in [1.54, 1.807) is 36.2 Å². The molecule has 4 aromatic rings. The van der Waals surface area contributed by atoms with Crippen LogP contribution in [0.4, 0.5) is 23.4 Å². The molecule has 2 saturated heterocycles. The van der Waals surface area contributed by atoms with Crippen molar-refractivity contribution in [3.63, 3.8) is 0 Å². The van der Waals surface area contributed by atoms with Gasteiger partial charge in [-0.2, -0.15) is 15.2 Å². The third kappa shape index (κ3) is 5.87. The fraction of sp³-hybridized carbons (Fsp3) is 0.406. The number of halogens is 5. The maximum absolute atomic E-state index is 16.6. The number of carbonyl (C=O) groups is 1. The number of ether oxygens (including phenoxy) is 1. The van der Waals surface area contributed by atoms with Crippen LogP contribution in [0.5, 0.6) is 6.01 Å². The molecule has 240 valence electrons. The zero-order valence-corrected chi connectivity index (χ0v) is 25.8. The summed E-state index contributed by atoms with van der Waals surface area (Å²) in [6, 6.07) is 8.75. The Hall–Kier alpha value is -4.28. The van der Waals surface area contributed by atoms with Crippen molar-refractivity contribution >= 4 is 45.0 Å². The normalized spacial score (nSPS) is 21.1. The molecule has 0 radical (unpaired) electrons. The van der Waals surface area contributed by atoms with Gasteiger partial charge in [-0.05, 0) is 31.8 Å². The van der Waals surface area contributed by atoms with Gasteiger partial charge >= 0.3 is 6.01 Å². The number of alkyl halides is 2. The summed E-state index contributed by atoms with van der Waals surface area (Å²) < 4.78 is 65.0. The van der Waals surface area contributed by atoms with E-state index in [2.05, 4.69) is 21.0 Å². The van der Waals surface area contributed by atoms with Crippen molar-refractivity contribution in [2.45, 2.75) is 44.2 Å². The highest BCUT2D eigenvalue weighted by atomic mass is 35.5. The third-order valence-electron chi connectivity index (χ3n) is 8.61. The quantitative estimate of drug-likeness (QED) is 0.241. The first-order valence-corrected chi connectivity index (χ1v) is 15.2. The van der Waals surface area contributed by atoms with Crippen LogP contribution in [0, 0.1) is 23.0 Å². The van der Waals surface area contributed by atoms with Crippen molar-refractivity contribution in [3.8, 4) is 23.3 Å². The number of amides is 1. The van der Waals surface area contributed by atoms with Crippen molar-refractivity contribution in [1.29, 1.82) is 5.26 Å². The average Bonchev–Trinajstić information content (AvgIpc) is 3.37. The van der Waals surface area contributed by atoms with E-state index in [1.165, 1.54) is 17.2 Å². The molecule has 0 bridgehead atoms. The summed E-state index contributed by atoms with van der Waals surface area (Å²) in [6.07, 6.45) is -1.14. The molecule has 4 heterocycles. The van der Waals surface area contributed by atoms with Crippen LogP contribution in [0.1, 0.15) is 19.8 Å². The summed E-state index contributed by atoms with van der Waals surface area (Å²) in [5.41, 5.74) is 0.00393. The van der Waals surface area contributed by atoms with Crippen LogP contribution in [0.25, 0.3) is 32.9 Å². The molecular weight excluding hydrogens is 626 g/mol. The molecule has 2 aliphatic heterocycles. The largest absolute Gasteiger partial charge is 0.462 e. The Balaban J connectivity index is 1.46. The molecule has 2 aromatic carbocycles. The molecule has 0 N–H and O–H groups in total. The number of piperazine rings is 1. The molecule has 2 aromatic heterocycles. The zero-order chi connectivity index (χ0) is 32.7. The Labute approximate surface area is 267 Å². The predicted octanol–water partition coefficient (Wildman–Crippen LogP) is 5.49. The van der Waals surface area contributed by atoms with Gasteiger partial charge in [0.1, 0.15) is 35.6 Å². The molecule has 0 saturated carbocycles. The minimum absolute atomic E-state index is 0.0490. The minimum Gasteiger partial charge on any atom is -0.462 e. The lowest BCUT2D eigenvalue weighted by atomic mass is 10.0. The first kappa shape index (κ1) is 31.7. The van der Waals surface area contributed by atoms with E-state index in [4.69, 9.17) is 16.3 Å². The number of likely N-dealkylation sites (N-methyl/N-ethyl adjacent to an activating group) is 1. The number of nitriles is 1. The van der Waals surface area contributed by atoms with Gasteiger partial charge in [-0.3, -0.25) is 14.7 Å². The Morgan fingerprint density at radius 2 is 1.98 bits per heavy atom. The highest BCUT2D eigenvalue weighted by Gasteiger charge is 2.35. The molecule has 46 heavy (non-hydrogen) atoms. The van der Waals surface area contributed by atoms with Gasteiger partial charge in [0.05, 0.1) is 28.9 Å². The van der Waals surface area contributed by atoms with Gasteiger partial charge in [0.2, 0.25) is 0 Å². The molecule has 2 fully saturated rings. The number of carbonyl (C=O) groups excluding carboxylic acids is 1.